The molecule has 2 aromatic carbocycles. The van der Waals surface area contributed by atoms with E-state index in [2.05, 4.69) is 5.32 Å². The summed E-state index contributed by atoms with van der Waals surface area (Å²) in [6.07, 6.45) is -0.704. The molecule has 0 radical (unpaired) electrons. The minimum absolute atomic E-state index is 0.256. The van der Waals surface area contributed by atoms with E-state index in [9.17, 15) is 9.59 Å². The van der Waals surface area contributed by atoms with Gasteiger partial charge in [0.1, 0.15) is 5.56 Å². The van der Waals surface area contributed by atoms with E-state index in [-0.39, 0.29) is 5.92 Å². The van der Waals surface area contributed by atoms with Gasteiger partial charge in [0.15, 0.2) is 11.5 Å². The highest BCUT2D eigenvalue weighted by atomic mass is 16.6. The molecule has 0 fully saturated rings. The Hall–Kier alpha value is -3.22. The number of ether oxygens (including phenoxy) is 4. The number of carbonyl (C=O) groups is 2. The minimum atomic E-state index is -0.704. The fourth-order valence-electron chi connectivity index (χ4n) is 2.92. The maximum absolute atomic E-state index is 12.4. The summed E-state index contributed by atoms with van der Waals surface area (Å²) in [5, 5.41) is 3.13. The number of methoxy groups -OCH3 is 2. The van der Waals surface area contributed by atoms with Crippen molar-refractivity contribution < 1.29 is 28.5 Å². The number of cyclic esters (lactones) is 1. The molecule has 7 nitrogen and oxygen atoms in total. The molecular weight excluding hydrogens is 362 g/mol. The summed E-state index contributed by atoms with van der Waals surface area (Å²) >= 11 is 0. The maximum Gasteiger partial charge on any atom is 0.344 e. The van der Waals surface area contributed by atoms with Crippen molar-refractivity contribution in [3.63, 3.8) is 0 Å². The smallest absolute Gasteiger partial charge is 0.344 e. The fourth-order valence-corrected chi connectivity index (χ4v) is 2.92. The molecule has 0 aromatic heterocycles. The third-order valence-electron chi connectivity index (χ3n) is 4.23. The molecule has 0 bridgehead atoms. The second-order valence-corrected chi connectivity index (χ2v) is 6.77. The summed E-state index contributed by atoms with van der Waals surface area (Å²) in [5.74, 6) is 0.143. The van der Waals surface area contributed by atoms with Gasteiger partial charge >= 0.3 is 11.9 Å². The largest absolute Gasteiger partial charge is 0.493 e. The molecule has 28 heavy (non-hydrogen) atoms. The second-order valence-electron chi connectivity index (χ2n) is 6.77. The normalized spacial score (nSPS) is 15.0. The van der Waals surface area contributed by atoms with Gasteiger partial charge in [0.25, 0.3) is 0 Å². The van der Waals surface area contributed by atoms with Gasteiger partial charge in [0.2, 0.25) is 6.23 Å². The molecule has 0 saturated carbocycles. The third-order valence-corrected chi connectivity index (χ3v) is 4.23. The van der Waals surface area contributed by atoms with Gasteiger partial charge in [-0.15, -0.1) is 0 Å². The van der Waals surface area contributed by atoms with Crippen molar-refractivity contribution in [3.05, 3.63) is 53.1 Å². The Labute approximate surface area is 163 Å². The summed E-state index contributed by atoms with van der Waals surface area (Å²) in [7, 11) is 2.97. The van der Waals surface area contributed by atoms with Crippen molar-refractivity contribution in [2.24, 2.45) is 5.92 Å². The van der Waals surface area contributed by atoms with Crippen LogP contribution in [0.1, 0.15) is 46.4 Å². The summed E-state index contributed by atoms with van der Waals surface area (Å²) in [6, 6.07) is 10.3. The zero-order chi connectivity index (χ0) is 20.3. The predicted octanol–water partition coefficient (Wildman–Crippen LogP) is 3.80. The van der Waals surface area contributed by atoms with Gasteiger partial charge in [0, 0.05) is 11.3 Å². The monoisotopic (exact) mass is 385 g/mol. The lowest BCUT2D eigenvalue weighted by molar-refractivity contribution is 0.0430. The van der Waals surface area contributed by atoms with Crippen LogP contribution in [-0.4, -0.2) is 32.8 Å². The number of fused-ring (bicyclic) bond motifs is 1. The predicted molar refractivity (Wildman–Crippen MR) is 103 cm³/mol. The number of hydrogen-bond acceptors (Lipinski definition) is 7. The van der Waals surface area contributed by atoms with Crippen LogP contribution in [0, 0.1) is 5.92 Å². The summed E-state index contributed by atoms with van der Waals surface area (Å²) in [5.41, 5.74) is 2.00. The first-order chi connectivity index (χ1) is 13.4. The van der Waals surface area contributed by atoms with E-state index in [1.807, 2.05) is 13.8 Å². The number of esters is 2. The van der Waals surface area contributed by atoms with Crippen molar-refractivity contribution in [3.8, 4) is 11.5 Å². The van der Waals surface area contributed by atoms with Crippen molar-refractivity contribution in [1.82, 2.24) is 0 Å². The topological polar surface area (TPSA) is 83.1 Å². The average molecular weight is 385 g/mol. The molecule has 1 atom stereocenters. The van der Waals surface area contributed by atoms with E-state index < -0.39 is 18.2 Å². The van der Waals surface area contributed by atoms with Crippen LogP contribution < -0.4 is 14.8 Å². The van der Waals surface area contributed by atoms with Crippen molar-refractivity contribution in [2.45, 2.75) is 20.1 Å². The van der Waals surface area contributed by atoms with Gasteiger partial charge in [-0.1, -0.05) is 19.9 Å². The Kier molecular flexibility index (Phi) is 5.73. The van der Waals surface area contributed by atoms with E-state index in [0.29, 0.717) is 40.5 Å². The highest BCUT2D eigenvalue weighted by Gasteiger charge is 2.35. The first-order valence-corrected chi connectivity index (χ1v) is 8.94. The number of benzene rings is 2. The quantitative estimate of drug-likeness (QED) is 0.726. The Balaban J connectivity index is 1.82. The van der Waals surface area contributed by atoms with E-state index in [4.69, 9.17) is 18.9 Å². The van der Waals surface area contributed by atoms with Crippen LogP contribution in [0.2, 0.25) is 0 Å². The van der Waals surface area contributed by atoms with Crippen LogP contribution in [0.15, 0.2) is 36.4 Å². The molecule has 1 unspecified atom stereocenters. The van der Waals surface area contributed by atoms with Crippen molar-refractivity contribution >= 4 is 17.6 Å². The molecule has 1 aliphatic heterocycles. The van der Waals surface area contributed by atoms with Crippen LogP contribution in [-0.2, 0) is 9.47 Å². The number of carbonyl (C=O) groups excluding carboxylic acids is 2. The van der Waals surface area contributed by atoms with E-state index in [1.165, 1.54) is 14.2 Å². The fraction of sp³-hybridized carbons (Fsp3) is 0.333. The van der Waals surface area contributed by atoms with Crippen LogP contribution in [0.25, 0.3) is 0 Å². The number of hydrogen-bond donors (Lipinski definition) is 1. The molecule has 2 aromatic rings. The van der Waals surface area contributed by atoms with Crippen molar-refractivity contribution in [1.29, 1.82) is 0 Å². The zero-order valence-corrected chi connectivity index (χ0v) is 16.3. The Morgan fingerprint density at radius 1 is 1.18 bits per heavy atom. The molecule has 0 saturated heterocycles. The van der Waals surface area contributed by atoms with Crippen LogP contribution in [0.3, 0.4) is 0 Å². The van der Waals surface area contributed by atoms with Gasteiger partial charge in [-0.2, -0.15) is 0 Å². The summed E-state index contributed by atoms with van der Waals surface area (Å²) < 4.78 is 21.3. The zero-order valence-electron chi connectivity index (χ0n) is 16.3. The lowest BCUT2D eigenvalue weighted by Crippen LogP contribution is -2.12. The minimum Gasteiger partial charge on any atom is -0.493 e. The van der Waals surface area contributed by atoms with Gasteiger partial charge in [-0.25, -0.2) is 9.59 Å². The van der Waals surface area contributed by atoms with Crippen LogP contribution in [0.5, 0.6) is 11.5 Å². The van der Waals surface area contributed by atoms with Gasteiger partial charge < -0.3 is 24.3 Å². The molecule has 1 heterocycles. The first-order valence-electron chi connectivity index (χ1n) is 8.94. The summed E-state index contributed by atoms with van der Waals surface area (Å²) in [4.78, 5) is 24.5. The lowest BCUT2D eigenvalue weighted by atomic mass is 10.1. The Bertz CT molecular complexity index is 892. The molecular formula is C21H23NO6. The van der Waals surface area contributed by atoms with Gasteiger partial charge in [0.05, 0.1) is 26.4 Å². The molecule has 3 rings (SSSR count). The van der Waals surface area contributed by atoms with E-state index >= 15 is 0 Å². The third kappa shape index (κ3) is 3.88. The number of nitrogens with one attached hydrogen (secondary N) is 1. The standard InChI is InChI=1S/C21H23NO6/c1-12(2)11-27-20(23)13-6-5-7-14(10-13)22-19-15-8-9-16(25-3)18(26-4)17(15)21(24)28-19/h5-10,12,19,22H,11H2,1-4H3. The number of rotatable bonds is 7. The van der Waals surface area contributed by atoms with Crippen molar-refractivity contribution in [2.75, 3.05) is 26.1 Å². The van der Waals surface area contributed by atoms with Crippen LogP contribution >= 0.6 is 0 Å². The SMILES string of the molecule is COc1ccc2c(c1OC)C(=O)OC2Nc1cccc(C(=O)OCC(C)C)c1. The summed E-state index contributed by atoms with van der Waals surface area (Å²) in [6.45, 7) is 4.30. The molecule has 0 amide bonds. The molecule has 0 aliphatic carbocycles. The van der Waals surface area contributed by atoms with E-state index in [0.717, 1.165) is 0 Å². The molecule has 148 valence electrons. The Morgan fingerprint density at radius 2 is 1.96 bits per heavy atom. The number of anilines is 1. The van der Waals surface area contributed by atoms with Gasteiger partial charge in [-0.3, -0.25) is 0 Å². The second kappa shape index (κ2) is 8.21. The highest BCUT2D eigenvalue weighted by Crippen LogP contribution is 2.42. The molecule has 1 aliphatic rings. The molecule has 0 spiro atoms. The van der Waals surface area contributed by atoms with E-state index in [1.54, 1.807) is 36.4 Å². The molecule has 1 N–H and O–H groups in total. The Morgan fingerprint density at radius 3 is 2.64 bits per heavy atom. The maximum atomic E-state index is 12.4. The lowest BCUT2D eigenvalue weighted by Gasteiger charge is -2.16. The first kappa shape index (κ1) is 19.5. The average Bonchev–Trinajstić information content (AvgIpc) is 3.01. The van der Waals surface area contributed by atoms with Crippen LogP contribution in [0.4, 0.5) is 5.69 Å². The highest BCUT2D eigenvalue weighted by molar-refractivity contribution is 5.98. The van der Waals surface area contributed by atoms with Gasteiger partial charge in [-0.05, 0) is 36.2 Å². The molecule has 7 heteroatoms.